The van der Waals surface area contributed by atoms with Crippen LogP contribution in [-0.2, 0) is 14.4 Å². The van der Waals surface area contributed by atoms with E-state index in [-0.39, 0.29) is 48.2 Å². The first kappa shape index (κ1) is 31.9. The van der Waals surface area contributed by atoms with Gasteiger partial charge in [-0.05, 0) is 75.3 Å². The van der Waals surface area contributed by atoms with Gasteiger partial charge in [0, 0.05) is 67.0 Å². The van der Waals surface area contributed by atoms with Gasteiger partial charge in [0.2, 0.25) is 17.7 Å². The molecule has 12 heteroatoms. The molecule has 1 saturated carbocycles. The van der Waals surface area contributed by atoms with Crippen LogP contribution in [0.4, 0.5) is 14.5 Å². The molecule has 3 saturated heterocycles. The van der Waals surface area contributed by atoms with Gasteiger partial charge in [-0.1, -0.05) is 6.07 Å². The first-order valence-corrected chi connectivity index (χ1v) is 16.0. The summed E-state index contributed by atoms with van der Waals surface area (Å²) in [5.41, 5.74) is -0.0500. The molecular formula is C34H40F2N4O6. The second-order valence-electron chi connectivity index (χ2n) is 13.4. The number of amides is 4. The summed E-state index contributed by atoms with van der Waals surface area (Å²) in [4.78, 5) is 53.9. The van der Waals surface area contributed by atoms with Gasteiger partial charge < -0.3 is 25.0 Å². The number of nitrogens with zero attached hydrogens (tertiary/aromatic N) is 2. The summed E-state index contributed by atoms with van der Waals surface area (Å²) < 4.78 is 35.5. The summed E-state index contributed by atoms with van der Waals surface area (Å²) in [6, 6.07) is 9.39. The molecule has 0 bridgehead atoms. The van der Waals surface area contributed by atoms with Crippen LogP contribution in [0, 0.1) is 23.0 Å². The van der Waals surface area contributed by atoms with Gasteiger partial charge in [-0.25, -0.2) is 8.78 Å². The average molecular weight is 639 g/mol. The Balaban J connectivity index is 1.03. The molecule has 4 amide bonds. The zero-order valence-corrected chi connectivity index (χ0v) is 26.0. The number of rotatable bonds is 8. The molecule has 2 aromatic carbocycles. The molecule has 1 unspecified atom stereocenters. The molecule has 0 aromatic heterocycles. The molecule has 246 valence electrons. The number of piperidine rings is 1. The molecule has 2 aromatic rings. The number of hydrogen-bond acceptors (Lipinski definition) is 7. The summed E-state index contributed by atoms with van der Waals surface area (Å²) in [5.74, 6) is -3.75. The summed E-state index contributed by atoms with van der Waals surface area (Å²) in [6.45, 7) is 2.04. The number of likely N-dealkylation sites (tertiary alicyclic amines) is 1. The average Bonchev–Trinajstić information content (AvgIpc) is 3.52. The molecule has 2 atom stereocenters. The predicted octanol–water partition coefficient (Wildman–Crippen LogP) is 3.27. The quantitative estimate of drug-likeness (QED) is 0.379. The van der Waals surface area contributed by atoms with Gasteiger partial charge >= 0.3 is 0 Å². The van der Waals surface area contributed by atoms with Gasteiger partial charge in [-0.2, -0.15) is 0 Å². The minimum Gasteiger partial charge on any atom is -0.497 e. The second-order valence-corrected chi connectivity index (χ2v) is 13.4. The maximum atomic E-state index is 15.1. The Morgan fingerprint density at radius 1 is 1.07 bits per heavy atom. The number of halogens is 2. The molecule has 0 radical (unpaired) electrons. The maximum absolute atomic E-state index is 15.1. The largest absolute Gasteiger partial charge is 0.497 e. The third-order valence-corrected chi connectivity index (χ3v) is 10.5. The van der Waals surface area contributed by atoms with Gasteiger partial charge in [0.1, 0.15) is 17.4 Å². The van der Waals surface area contributed by atoms with Crippen LogP contribution < -0.4 is 20.3 Å². The number of aliphatic hydroxyl groups excluding tert-OH is 1. The van der Waals surface area contributed by atoms with E-state index in [9.17, 15) is 24.3 Å². The zero-order valence-electron chi connectivity index (χ0n) is 26.0. The normalized spacial score (nSPS) is 23.6. The minimum absolute atomic E-state index is 0.0221. The Labute approximate surface area is 266 Å². The van der Waals surface area contributed by atoms with Crippen molar-refractivity contribution in [3.8, 4) is 5.75 Å². The fourth-order valence-electron chi connectivity index (χ4n) is 7.73. The van der Waals surface area contributed by atoms with E-state index >= 15 is 8.78 Å². The van der Waals surface area contributed by atoms with Crippen LogP contribution in [0.3, 0.4) is 0 Å². The van der Waals surface area contributed by atoms with Crippen LogP contribution in [0.25, 0.3) is 0 Å². The van der Waals surface area contributed by atoms with Crippen LogP contribution in [0.15, 0.2) is 36.4 Å². The van der Waals surface area contributed by atoms with E-state index in [2.05, 4.69) is 10.6 Å². The lowest BCUT2D eigenvalue weighted by molar-refractivity contribution is -0.150. The summed E-state index contributed by atoms with van der Waals surface area (Å²) >= 11 is 0. The molecule has 3 N–H and O–H groups in total. The van der Waals surface area contributed by atoms with Gasteiger partial charge in [0.25, 0.3) is 5.91 Å². The molecule has 1 aliphatic carbocycles. The predicted molar refractivity (Wildman–Crippen MR) is 164 cm³/mol. The van der Waals surface area contributed by atoms with Crippen LogP contribution >= 0.6 is 0 Å². The molecule has 4 aliphatic rings. The molecule has 3 heterocycles. The lowest BCUT2D eigenvalue weighted by atomic mass is 9.62. The second kappa shape index (κ2) is 12.6. The highest BCUT2D eigenvalue weighted by atomic mass is 19.1. The minimum atomic E-state index is -1.06. The number of nitrogens with one attached hydrogen (secondary N) is 2. The number of benzene rings is 2. The van der Waals surface area contributed by atoms with Crippen molar-refractivity contribution in [1.82, 2.24) is 15.5 Å². The maximum Gasteiger partial charge on any atom is 0.251 e. The van der Waals surface area contributed by atoms with Crippen LogP contribution in [0.1, 0.15) is 73.2 Å². The molecule has 6 rings (SSSR count). The van der Waals surface area contributed by atoms with Crippen LogP contribution in [-0.4, -0.2) is 79.1 Å². The van der Waals surface area contributed by atoms with E-state index in [4.69, 9.17) is 4.74 Å². The molecule has 4 fully saturated rings. The van der Waals surface area contributed by atoms with Gasteiger partial charge in [0.15, 0.2) is 0 Å². The Bertz CT molecular complexity index is 1510. The summed E-state index contributed by atoms with van der Waals surface area (Å²) in [6.07, 6.45) is 4.15. The van der Waals surface area contributed by atoms with E-state index < -0.39 is 34.9 Å². The highest BCUT2D eigenvalue weighted by Gasteiger charge is 2.51. The van der Waals surface area contributed by atoms with Crippen molar-refractivity contribution in [2.24, 2.45) is 11.3 Å². The van der Waals surface area contributed by atoms with Crippen LogP contribution in [0.5, 0.6) is 5.75 Å². The Hall–Kier alpha value is -4.06. The Morgan fingerprint density at radius 2 is 1.78 bits per heavy atom. The standard InChI is InChI=1S/C34H40F2N4O6/c1-46-24-4-2-3-21(15-24)30(43)38-34(12-14-41)10-8-33(9-11-34)19-40(20-33)32(45)22-7-13-39(18-22)23-16-26(35)29(27(36)17-23)25-5-6-28(42)37-31(25)44/h2-4,15-17,22,25,41H,5-14,18-20H2,1H3,(H,38,43)(H,37,42,44)/t22-,25?/m1/s1. The van der Waals surface area contributed by atoms with Crippen molar-refractivity contribution >= 4 is 29.3 Å². The van der Waals surface area contributed by atoms with Gasteiger partial charge in [0.05, 0.1) is 18.9 Å². The Kier molecular flexibility index (Phi) is 8.75. The van der Waals surface area contributed by atoms with E-state index in [0.717, 1.165) is 12.8 Å². The van der Waals surface area contributed by atoms with Crippen LogP contribution in [0.2, 0.25) is 0 Å². The first-order chi connectivity index (χ1) is 22.0. The number of methoxy groups -OCH3 is 1. The number of aliphatic hydroxyl groups is 1. The van der Waals surface area contributed by atoms with Gasteiger partial charge in [-0.3, -0.25) is 24.5 Å². The number of carbonyl (C=O) groups excluding carboxylic acids is 4. The third kappa shape index (κ3) is 6.19. The Morgan fingerprint density at radius 3 is 2.43 bits per heavy atom. The topological polar surface area (TPSA) is 128 Å². The van der Waals surface area contributed by atoms with Crippen molar-refractivity contribution in [2.75, 3.05) is 44.8 Å². The number of anilines is 1. The molecule has 3 aliphatic heterocycles. The van der Waals surface area contributed by atoms with E-state index in [1.54, 1.807) is 36.3 Å². The molecule has 46 heavy (non-hydrogen) atoms. The SMILES string of the molecule is COc1cccc(C(=O)NC2(CCO)CCC3(CC2)CN(C(=O)[C@@H]2CCN(c4cc(F)c(C5CCC(=O)NC5=O)c(F)c4)C2)C3)c1. The highest BCUT2D eigenvalue weighted by Crippen LogP contribution is 2.48. The van der Waals surface area contributed by atoms with E-state index in [0.29, 0.717) is 68.9 Å². The molecule has 1 spiro atoms. The van der Waals surface area contributed by atoms with E-state index in [1.165, 1.54) is 12.1 Å². The summed E-state index contributed by atoms with van der Waals surface area (Å²) in [5, 5.41) is 15.2. The lowest BCUT2D eigenvalue weighted by Crippen LogP contribution is -2.64. The van der Waals surface area contributed by atoms with Crippen molar-refractivity contribution in [3.63, 3.8) is 0 Å². The monoisotopic (exact) mass is 638 g/mol. The zero-order chi connectivity index (χ0) is 32.6. The third-order valence-electron chi connectivity index (χ3n) is 10.5. The molecule has 10 nitrogen and oxygen atoms in total. The van der Waals surface area contributed by atoms with Crippen molar-refractivity contribution < 1.29 is 37.8 Å². The van der Waals surface area contributed by atoms with E-state index in [1.807, 2.05) is 4.90 Å². The fraction of sp³-hybridized carbons (Fsp3) is 0.529. The number of hydrogen-bond donors (Lipinski definition) is 3. The van der Waals surface area contributed by atoms with Crippen molar-refractivity contribution in [2.45, 2.75) is 62.8 Å². The lowest BCUT2D eigenvalue weighted by Gasteiger charge is -2.56. The number of ether oxygens (including phenoxy) is 1. The first-order valence-electron chi connectivity index (χ1n) is 16.0. The van der Waals surface area contributed by atoms with Crippen molar-refractivity contribution in [1.29, 1.82) is 0 Å². The number of imide groups is 1. The number of carbonyl (C=O) groups is 4. The van der Waals surface area contributed by atoms with Crippen molar-refractivity contribution in [3.05, 3.63) is 59.2 Å². The highest BCUT2D eigenvalue weighted by molar-refractivity contribution is 6.01. The fourth-order valence-corrected chi connectivity index (χ4v) is 7.73. The smallest absolute Gasteiger partial charge is 0.251 e. The van der Waals surface area contributed by atoms with Gasteiger partial charge in [-0.15, -0.1) is 0 Å². The summed E-state index contributed by atoms with van der Waals surface area (Å²) in [7, 11) is 1.55. The molecular weight excluding hydrogens is 598 g/mol.